The van der Waals surface area contributed by atoms with E-state index < -0.39 is 5.97 Å². The average molecular weight is 538 g/mol. The lowest BCUT2D eigenvalue weighted by Crippen LogP contribution is -2.46. The number of halogens is 1. The molecule has 9 heteroatoms. The molecular weight excluding hydrogens is 510 g/mol. The van der Waals surface area contributed by atoms with Crippen molar-refractivity contribution in [2.75, 3.05) is 19.7 Å². The number of carbonyl (C=O) groups is 2. The predicted molar refractivity (Wildman–Crippen MR) is 142 cm³/mol. The van der Waals surface area contributed by atoms with Crippen molar-refractivity contribution in [3.8, 4) is 0 Å². The number of aromatic nitrogens is 1. The summed E-state index contributed by atoms with van der Waals surface area (Å²) < 4.78 is 5.43. The lowest BCUT2D eigenvalue weighted by Gasteiger charge is -2.38. The molecule has 7 nitrogen and oxygen atoms in total. The lowest BCUT2D eigenvalue weighted by molar-refractivity contribution is 0.0696. The zero-order valence-electron chi connectivity index (χ0n) is 20.5. The molecule has 0 bridgehead atoms. The number of nitrogens with zero attached hydrogens (tertiary/aromatic N) is 3. The van der Waals surface area contributed by atoms with Crippen LogP contribution < -0.4 is 0 Å². The van der Waals surface area contributed by atoms with E-state index in [1.54, 1.807) is 24.3 Å². The summed E-state index contributed by atoms with van der Waals surface area (Å²) in [6.45, 7) is 4.98. The van der Waals surface area contributed by atoms with Gasteiger partial charge in [0.25, 0.3) is 0 Å². The Kier molecular flexibility index (Phi) is 7.69. The number of carbonyl (C=O) groups excluding carboxylic acids is 1. The quantitative estimate of drug-likeness (QED) is 0.392. The third-order valence-corrected chi connectivity index (χ3v) is 8.16. The molecule has 1 N–H and O–H groups in total. The molecule has 2 aliphatic rings. The minimum absolute atomic E-state index is 0.0976. The smallest absolute Gasteiger partial charge is 0.410 e. The number of carboxylic acid groups (broad SMARTS) is 1. The first-order valence-corrected chi connectivity index (χ1v) is 13.5. The summed E-state index contributed by atoms with van der Waals surface area (Å²) in [7, 11) is 0. The number of aryl methyl sites for hydroxylation is 1. The van der Waals surface area contributed by atoms with E-state index in [0.29, 0.717) is 11.6 Å². The third-order valence-electron chi connectivity index (χ3n) is 6.98. The first kappa shape index (κ1) is 25.6. The Labute approximate surface area is 225 Å². The van der Waals surface area contributed by atoms with Crippen LogP contribution in [0.1, 0.15) is 46.1 Å². The van der Waals surface area contributed by atoms with Gasteiger partial charge < -0.3 is 9.84 Å². The van der Waals surface area contributed by atoms with Crippen LogP contribution in [0.15, 0.2) is 70.6 Å². The largest absolute Gasteiger partial charge is 0.478 e. The number of likely N-dealkylation sites (tertiary alicyclic amines) is 1. The number of hydrogen-bond acceptors (Lipinski definition) is 6. The highest BCUT2D eigenvalue weighted by Gasteiger charge is 2.40. The zero-order valence-corrected chi connectivity index (χ0v) is 22.0. The molecule has 1 atom stereocenters. The maximum Gasteiger partial charge on any atom is 0.410 e. The Morgan fingerprint density at radius 3 is 2.57 bits per heavy atom. The SMILES string of the molecule is Cc1nc(Sc2ccc(C(=O)O)cc2)ccc1CN1CCC(N2C(=O)OCC2c2cccc(Cl)c2)CC1. The van der Waals surface area contributed by atoms with Gasteiger partial charge in [0, 0.05) is 41.3 Å². The van der Waals surface area contributed by atoms with Crippen LogP contribution in [-0.2, 0) is 11.3 Å². The number of cyclic esters (lactones) is 1. The Bertz CT molecular complexity index is 1290. The second kappa shape index (κ2) is 11.1. The number of hydrogen-bond donors (Lipinski definition) is 1. The Hall–Kier alpha value is -3.07. The van der Waals surface area contributed by atoms with E-state index in [-0.39, 0.29) is 23.7 Å². The maximum absolute atomic E-state index is 12.6. The van der Waals surface area contributed by atoms with Gasteiger partial charge in [0.05, 0.1) is 11.6 Å². The summed E-state index contributed by atoms with van der Waals surface area (Å²) in [6.07, 6.45) is 1.53. The summed E-state index contributed by atoms with van der Waals surface area (Å²) in [6, 6.07) is 18.7. The minimum atomic E-state index is -0.930. The number of pyridine rings is 1. The van der Waals surface area contributed by atoms with Crippen LogP contribution in [0.5, 0.6) is 0 Å². The Balaban J connectivity index is 1.18. The van der Waals surface area contributed by atoms with E-state index in [0.717, 1.165) is 53.7 Å². The van der Waals surface area contributed by atoms with Gasteiger partial charge in [0.2, 0.25) is 0 Å². The van der Waals surface area contributed by atoms with E-state index in [1.165, 1.54) is 17.3 Å². The number of aromatic carboxylic acids is 1. The first-order chi connectivity index (χ1) is 17.9. The van der Waals surface area contributed by atoms with E-state index in [2.05, 4.69) is 11.0 Å². The highest BCUT2D eigenvalue weighted by atomic mass is 35.5. The van der Waals surface area contributed by atoms with Crippen LogP contribution in [0.4, 0.5) is 4.79 Å². The van der Waals surface area contributed by atoms with Crippen LogP contribution in [-0.4, -0.2) is 57.7 Å². The highest BCUT2D eigenvalue weighted by molar-refractivity contribution is 7.99. The second-order valence-corrected chi connectivity index (χ2v) is 10.9. The molecule has 37 heavy (non-hydrogen) atoms. The Morgan fingerprint density at radius 1 is 1.14 bits per heavy atom. The molecule has 2 aromatic carbocycles. The van der Waals surface area contributed by atoms with Crippen LogP contribution in [0, 0.1) is 6.92 Å². The van der Waals surface area contributed by atoms with Crippen molar-refractivity contribution in [3.05, 3.63) is 88.1 Å². The first-order valence-electron chi connectivity index (χ1n) is 12.3. The number of carboxylic acids is 1. The molecule has 2 aliphatic heterocycles. The van der Waals surface area contributed by atoms with Crippen molar-refractivity contribution in [2.45, 2.75) is 48.3 Å². The second-order valence-electron chi connectivity index (χ2n) is 9.39. The third kappa shape index (κ3) is 5.92. The average Bonchev–Trinajstić information content (AvgIpc) is 3.28. The van der Waals surface area contributed by atoms with Crippen molar-refractivity contribution in [1.29, 1.82) is 0 Å². The summed E-state index contributed by atoms with van der Waals surface area (Å²) in [5, 5.41) is 10.6. The standard InChI is InChI=1S/C28H28ClN3O4S/c1-18-21(7-10-26(30-18)37-24-8-5-19(6-9-24)27(33)34)16-31-13-11-23(12-14-31)32-25(17-36-28(32)35)20-3-2-4-22(29)15-20/h2-10,15,23,25H,11-14,16-17H2,1H3,(H,33,34). The van der Waals surface area contributed by atoms with Gasteiger partial charge in [-0.25, -0.2) is 14.6 Å². The fourth-order valence-corrected chi connectivity index (χ4v) is 6.01. The van der Waals surface area contributed by atoms with Gasteiger partial charge in [-0.05, 0) is 73.4 Å². The lowest BCUT2D eigenvalue weighted by atomic mass is 9.98. The number of rotatable bonds is 7. The zero-order chi connectivity index (χ0) is 25.9. The van der Waals surface area contributed by atoms with E-state index in [1.807, 2.05) is 42.2 Å². The number of ether oxygens (including phenoxy) is 1. The predicted octanol–water partition coefficient (Wildman–Crippen LogP) is 6.05. The number of piperidine rings is 1. The molecule has 0 aliphatic carbocycles. The van der Waals surface area contributed by atoms with Crippen molar-refractivity contribution in [1.82, 2.24) is 14.8 Å². The summed E-state index contributed by atoms with van der Waals surface area (Å²) >= 11 is 7.71. The van der Waals surface area contributed by atoms with Crippen molar-refractivity contribution < 1.29 is 19.4 Å². The molecule has 192 valence electrons. The van der Waals surface area contributed by atoms with E-state index >= 15 is 0 Å². The maximum atomic E-state index is 12.6. The summed E-state index contributed by atoms with van der Waals surface area (Å²) in [4.78, 5) is 33.7. The van der Waals surface area contributed by atoms with Crippen LogP contribution in [0.25, 0.3) is 0 Å². The molecule has 2 saturated heterocycles. The van der Waals surface area contributed by atoms with Gasteiger partial charge in [0.15, 0.2) is 0 Å². The molecule has 3 heterocycles. The van der Waals surface area contributed by atoms with E-state index in [4.69, 9.17) is 26.4 Å². The Morgan fingerprint density at radius 2 is 1.89 bits per heavy atom. The molecule has 0 radical (unpaired) electrons. The van der Waals surface area contributed by atoms with Crippen molar-refractivity contribution in [3.63, 3.8) is 0 Å². The number of benzene rings is 2. The van der Waals surface area contributed by atoms with Gasteiger partial charge in [-0.2, -0.15) is 0 Å². The topological polar surface area (TPSA) is 83.0 Å². The summed E-state index contributed by atoms with van der Waals surface area (Å²) in [5.74, 6) is -0.930. The molecule has 1 amide bonds. The van der Waals surface area contributed by atoms with Crippen LogP contribution in [0.3, 0.4) is 0 Å². The molecule has 2 fully saturated rings. The van der Waals surface area contributed by atoms with Gasteiger partial charge in [-0.1, -0.05) is 41.6 Å². The fraction of sp³-hybridized carbons (Fsp3) is 0.321. The molecule has 5 rings (SSSR count). The normalized spacial score (nSPS) is 18.7. The molecule has 0 saturated carbocycles. The van der Waals surface area contributed by atoms with Gasteiger partial charge in [-0.3, -0.25) is 9.80 Å². The number of amides is 1. The molecule has 1 aromatic heterocycles. The van der Waals surface area contributed by atoms with Crippen molar-refractivity contribution in [2.24, 2.45) is 0 Å². The van der Waals surface area contributed by atoms with Crippen LogP contribution in [0.2, 0.25) is 5.02 Å². The monoisotopic (exact) mass is 537 g/mol. The van der Waals surface area contributed by atoms with Gasteiger partial charge in [0.1, 0.15) is 11.6 Å². The van der Waals surface area contributed by atoms with Gasteiger partial charge >= 0.3 is 12.1 Å². The van der Waals surface area contributed by atoms with Gasteiger partial charge in [-0.15, -0.1) is 0 Å². The fourth-order valence-electron chi connectivity index (χ4n) is 4.98. The van der Waals surface area contributed by atoms with Crippen molar-refractivity contribution >= 4 is 35.4 Å². The molecule has 3 aromatic rings. The highest BCUT2D eigenvalue weighted by Crippen LogP contribution is 2.34. The minimum Gasteiger partial charge on any atom is -0.478 e. The van der Waals surface area contributed by atoms with E-state index in [9.17, 15) is 9.59 Å². The molecule has 1 unspecified atom stereocenters. The summed E-state index contributed by atoms with van der Waals surface area (Å²) in [5.41, 5.74) is 3.45. The molecular formula is C28H28ClN3O4S. The molecule has 0 spiro atoms. The van der Waals surface area contributed by atoms with Crippen LogP contribution >= 0.6 is 23.4 Å².